The van der Waals surface area contributed by atoms with Crippen molar-refractivity contribution < 1.29 is 9.47 Å². The van der Waals surface area contributed by atoms with Gasteiger partial charge in [-0.3, -0.25) is 4.90 Å². The minimum absolute atomic E-state index is 0.239. The van der Waals surface area contributed by atoms with Gasteiger partial charge in [0.2, 0.25) is 0 Å². The Morgan fingerprint density at radius 1 is 1.06 bits per heavy atom. The maximum Gasteiger partial charge on any atom is 0.0971 e. The highest BCUT2D eigenvalue weighted by molar-refractivity contribution is 4.96. The standard InChI is InChI=1S/C12H24N2O2/c1-13-9-5-4-6-10(9)14-7-11(15-2)12(8-14)16-3/h9-13H,4-8H2,1-3H3. The summed E-state index contributed by atoms with van der Waals surface area (Å²) in [4.78, 5) is 2.54. The highest BCUT2D eigenvalue weighted by atomic mass is 16.5. The molecule has 1 heterocycles. The summed E-state index contributed by atoms with van der Waals surface area (Å²) in [5, 5.41) is 3.43. The van der Waals surface area contributed by atoms with E-state index in [1.165, 1.54) is 19.3 Å². The third-order valence-corrected chi connectivity index (χ3v) is 4.17. The Bertz CT molecular complexity index is 213. The molecule has 4 atom stereocenters. The van der Waals surface area contributed by atoms with E-state index in [1.54, 1.807) is 14.2 Å². The van der Waals surface area contributed by atoms with Crippen LogP contribution in [0, 0.1) is 0 Å². The van der Waals surface area contributed by atoms with Crippen LogP contribution in [0.2, 0.25) is 0 Å². The van der Waals surface area contributed by atoms with Crippen LogP contribution >= 0.6 is 0 Å². The fourth-order valence-electron chi connectivity index (χ4n) is 3.21. The van der Waals surface area contributed by atoms with Gasteiger partial charge in [-0.15, -0.1) is 0 Å². The first-order valence-electron chi connectivity index (χ1n) is 6.27. The summed E-state index contributed by atoms with van der Waals surface area (Å²) in [6, 6.07) is 1.32. The second kappa shape index (κ2) is 5.45. The number of hydrogen-bond acceptors (Lipinski definition) is 4. The van der Waals surface area contributed by atoms with Crippen molar-refractivity contribution in [1.82, 2.24) is 10.2 Å². The molecular formula is C12H24N2O2. The number of methoxy groups -OCH3 is 2. The molecule has 0 amide bonds. The van der Waals surface area contributed by atoms with Crippen LogP contribution in [0.3, 0.4) is 0 Å². The van der Waals surface area contributed by atoms with E-state index in [2.05, 4.69) is 17.3 Å². The lowest BCUT2D eigenvalue weighted by molar-refractivity contribution is -0.00461. The second-order valence-corrected chi connectivity index (χ2v) is 4.90. The number of likely N-dealkylation sites (tertiary alicyclic amines) is 1. The summed E-state index contributed by atoms with van der Waals surface area (Å²) in [5.74, 6) is 0. The van der Waals surface area contributed by atoms with Crippen molar-refractivity contribution in [3.05, 3.63) is 0 Å². The summed E-state index contributed by atoms with van der Waals surface area (Å²) in [6.45, 7) is 2.02. The first-order valence-corrected chi connectivity index (χ1v) is 6.27. The Balaban J connectivity index is 1.96. The lowest BCUT2D eigenvalue weighted by Crippen LogP contribution is -2.45. The molecule has 0 radical (unpaired) electrons. The lowest BCUT2D eigenvalue weighted by atomic mass is 10.1. The van der Waals surface area contributed by atoms with Crippen molar-refractivity contribution in [2.75, 3.05) is 34.4 Å². The van der Waals surface area contributed by atoms with Crippen molar-refractivity contribution in [1.29, 1.82) is 0 Å². The number of hydrogen-bond donors (Lipinski definition) is 1. The maximum absolute atomic E-state index is 5.49. The van der Waals surface area contributed by atoms with Gasteiger partial charge in [0.15, 0.2) is 0 Å². The molecule has 1 saturated heterocycles. The van der Waals surface area contributed by atoms with E-state index in [-0.39, 0.29) is 12.2 Å². The molecule has 4 nitrogen and oxygen atoms in total. The average molecular weight is 228 g/mol. The fourth-order valence-corrected chi connectivity index (χ4v) is 3.21. The lowest BCUT2D eigenvalue weighted by Gasteiger charge is -2.29. The van der Waals surface area contributed by atoms with Crippen molar-refractivity contribution in [3.8, 4) is 0 Å². The smallest absolute Gasteiger partial charge is 0.0971 e. The van der Waals surface area contributed by atoms with Crippen molar-refractivity contribution in [2.24, 2.45) is 0 Å². The second-order valence-electron chi connectivity index (χ2n) is 4.90. The summed E-state index contributed by atoms with van der Waals surface area (Å²) < 4.78 is 11.0. The molecule has 0 spiro atoms. The van der Waals surface area contributed by atoms with Gasteiger partial charge in [0.1, 0.15) is 0 Å². The summed E-state index contributed by atoms with van der Waals surface area (Å²) in [5.41, 5.74) is 0. The van der Waals surface area contributed by atoms with Gasteiger partial charge >= 0.3 is 0 Å². The number of likely N-dealkylation sites (N-methyl/N-ethyl adjacent to an activating group) is 1. The summed E-state index contributed by atoms with van der Waals surface area (Å²) in [6.07, 6.45) is 4.42. The van der Waals surface area contributed by atoms with Crippen LogP contribution in [0.1, 0.15) is 19.3 Å². The van der Waals surface area contributed by atoms with Crippen LogP contribution in [0.15, 0.2) is 0 Å². The Morgan fingerprint density at radius 3 is 2.19 bits per heavy atom. The largest absolute Gasteiger partial charge is 0.377 e. The summed E-state index contributed by atoms with van der Waals surface area (Å²) >= 11 is 0. The van der Waals surface area contributed by atoms with E-state index in [9.17, 15) is 0 Å². The molecule has 1 N–H and O–H groups in total. The number of ether oxygens (including phenoxy) is 2. The third-order valence-electron chi connectivity index (χ3n) is 4.17. The van der Waals surface area contributed by atoms with Gasteiger partial charge in [-0.25, -0.2) is 0 Å². The molecule has 1 aliphatic carbocycles. The molecule has 4 unspecified atom stereocenters. The van der Waals surface area contributed by atoms with Crippen molar-refractivity contribution in [3.63, 3.8) is 0 Å². The van der Waals surface area contributed by atoms with Gasteiger partial charge in [0.25, 0.3) is 0 Å². The molecule has 94 valence electrons. The monoisotopic (exact) mass is 228 g/mol. The quantitative estimate of drug-likeness (QED) is 0.758. The van der Waals surface area contributed by atoms with E-state index >= 15 is 0 Å². The minimum atomic E-state index is 0.239. The molecular weight excluding hydrogens is 204 g/mol. The van der Waals surface area contributed by atoms with Crippen molar-refractivity contribution in [2.45, 2.75) is 43.6 Å². The maximum atomic E-state index is 5.49. The normalized spacial score (nSPS) is 40.7. The molecule has 2 aliphatic rings. The first-order chi connectivity index (χ1) is 7.80. The predicted molar refractivity (Wildman–Crippen MR) is 63.7 cm³/mol. The fraction of sp³-hybridized carbons (Fsp3) is 1.00. The first kappa shape index (κ1) is 12.3. The molecule has 0 bridgehead atoms. The van der Waals surface area contributed by atoms with E-state index < -0.39 is 0 Å². The number of nitrogens with zero attached hydrogens (tertiary/aromatic N) is 1. The molecule has 1 saturated carbocycles. The molecule has 16 heavy (non-hydrogen) atoms. The highest BCUT2D eigenvalue weighted by Gasteiger charge is 2.40. The van der Waals surface area contributed by atoms with E-state index in [4.69, 9.17) is 9.47 Å². The van der Waals surface area contributed by atoms with E-state index in [1.807, 2.05) is 0 Å². The molecule has 0 aromatic heterocycles. The molecule has 2 fully saturated rings. The van der Waals surface area contributed by atoms with Crippen LogP contribution in [-0.4, -0.2) is 63.5 Å². The zero-order chi connectivity index (χ0) is 11.5. The minimum Gasteiger partial charge on any atom is -0.377 e. The molecule has 4 heteroatoms. The van der Waals surface area contributed by atoms with Gasteiger partial charge in [-0.2, -0.15) is 0 Å². The van der Waals surface area contributed by atoms with Crippen LogP contribution in [0.4, 0.5) is 0 Å². The van der Waals surface area contributed by atoms with Crippen LogP contribution in [0.5, 0.6) is 0 Å². The average Bonchev–Trinajstić information content (AvgIpc) is 2.93. The zero-order valence-corrected chi connectivity index (χ0v) is 10.6. The van der Waals surface area contributed by atoms with E-state index in [0.29, 0.717) is 12.1 Å². The van der Waals surface area contributed by atoms with Crippen LogP contribution in [-0.2, 0) is 9.47 Å². The topological polar surface area (TPSA) is 33.7 Å². The Kier molecular flexibility index (Phi) is 4.19. The van der Waals surface area contributed by atoms with Gasteiger partial charge in [-0.05, 0) is 19.9 Å². The van der Waals surface area contributed by atoms with Gasteiger partial charge in [-0.1, -0.05) is 6.42 Å². The predicted octanol–water partition coefficient (Wildman–Crippen LogP) is 0.473. The molecule has 1 aliphatic heterocycles. The SMILES string of the molecule is CNC1CCCC1N1CC(OC)C(OC)C1. The summed E-state index contributed by atoms with van der Waals surface area (Å²) in [7, 11) is 5.63. The van der Waals surface area contributed by atoms with Crippen LogP contribution < -0.4 is 5.32 Å². The molecule has 0 aromatic carbocycles. The highest BCUT2D eigenvalue weighted by Crippen LogP contribution is 2.28. The van der Waals surface area contributed by atoms with E-state index in [0.717, 1.165) is 13.1 Å². The number of nitrogens with one attached hydrogen (secondary N) is 1. The zero-order valence-electron chi connectivity index (χ0n) is 10.6. The Morgan fingerprint density at radius 2 is 1.69 bits per heavy atom. The van der Waals surface area contributed by atoms with Gasteiger partial charge < -0.3 is 14.8 Å². The Labute approximate surface area is 98.3 Å². The van der Waals surface area contributed by atoms with Gasteiger partial charge in [0.05, 0.1) is 12.2 Å². The van der Waals surface area contributed by atoms with Crippen molar-refractivity contribution >= 4 is 0 Å². The molecule has 0 aromatic rings. The third kappa shape index (κ3) is 2.25. The molecule has 2 rings (SSSR count). The van der Waals surface area contributed by atoms with Crippen LogP contribution in [0.25, 0.3) is 0 Å². The number of rotatable bonds is 4. The Hall–Kier alpha value is -0.160. The van der Waals surface area contributed by atoms with Gasteiger partial charge in [0, 0.05) is 39.4 Å².